The summed E-state index contributed by atoms with van der Waals surface area (Å²) in [7, 11) is 2.73. The number of carbonyl (C=O) groups is 3. The summed E-state index contributed by atoms with van der Waals surface area (Å²) in [6.07, 6.45) is 2.29. The van der Waals surface area contributed by atoms with Crippen molar-refractivity contribution >= 4 is 35.1 Å². The molecular formula is C34H47F3N6O7. The van der Waals surface area contributed by atoms with Gasteiger partial charge in [-0.1, -0.05) is 19.3 Å². The number of piperazine rings is 1. The van der Waals surface area contributed by atoms with Gasteiger partial charge in [0.2, 0.25) is 11.9 Å². The van der Waals surface area contributed by atoms with Crippen LogP contribution in [0.15, 0.2) is 24.4 Å². The summed E-state index contributed by atoms with van der Waals surface area (Å²) in [6, 6.07) is 4.66. The van der Waals surface area contributed by atoms with Gasteiger partial charge in [-0.3, -0.25) is 14.4 Å². The van der Waals surface area contributed by atoms with Crippen LogP contribution in [0.2, 0.25) is 0 Å². The minimum atomic E-state index is -4.62. The fraction of sp³-hybridized carbons (Fsp3) is 0.618. The monoisotopic (exact) mass is 708 g/mol. The van der Waals surface area contributed by atoms with Crippen molar-refractivity contribution in [3.05, 3.63) is 35.5 Å². The maximum Gasteiger partial charge on any atom is 0.421 e. The summed E-state index contributed by atoms with van der Waals surface area (Å²) >= 11 is 0. The molecule has 0 atom stereocenters. The predicted octanol–water partition coefficient (Wildman–Crippen LogP) is 4.55. The molecule has 50 heavy (non-hydrogen) atoms. The normalized spacial score (nSPS) is 15.5. The largest absolute Gasteiger partial charge is 0.495 e. The molecule has 2 N–H and O–H groups in total. The van der Waals surface area contributed by atoms with Crippen molar-refractivity contribution in [1.82, 2.24) is 19.8 Å². The molecule has 2 aromatic rings. The van der Waals surface area contributed by atoms with E-state index in [-0.39, 0.29) is 48.3 Å². The van der Waals surface area contributed by atoms with Gasteiger partial charge >= 0.3 is 6.18 Å². The minimum Gasteiger partial charge on any atom is -0.495 e. The molecule has 0 spiro atoms. The topological polar surface area (TPSA) is 144 Å². The van der Waals surface area contributed by atoms with E-state index in [1.165, 1.54) is 26.6 Å². The van der Waals surface area contributed by atoms with Crippen LogP contribution in [0.25, 0.3) is 0 Å². The first-order valence-electron chi connectivity index (χ1n) is 17.0. The zero-order valence-electron chi connectivity index (χ0n) is 28.7. The molecule has 0 bridgehead atoms. The molecule has 1 aliphatic carbocycles. The fourth-order valence-electron chi connectivity index (χ4n) is 5.89. The number of aromatic nitrogens is 2. The molecule has 2 aliphatic rings. The maximum absolute atomic E-state index is 13.2. The van der Waals surface area contributed by atoms with Gasteiger partial charge in [-0.2, -0.15) is 18.2 Å². The van der Waals surface area contributed by atoms with Gasteiger partial charge in [0.25, 0.3) is 5.91 Å². The van der Waals surface area contributed by atoms with Crippen molar-refractivity contribution in [2.75, 3.05) is 90.6 Å². The van der Waals surface area contributed by atoms with Gasteiger partial charge in [-0.25, -0.2) is 4.98 Å². The Morgan fingerprint density at radius 3 is 2.12 bits per heavy atom. The van der Waals surface area contributed by atoms with E-state index < -0.39 is 11.7 Å². The molecule has 1 aromatic carbocycles. The van der Waals surface area contributed by atoms with Gasteiger partial charge in [0.05, 0.1) is 58.9 Å². The van der Waals surface area contributed by atoms with Gasteiger partial charge < -0.3 is 39.4 Å². The number of ether oxygens (including phenoxy) is 4. The van der Waals surface area contributed by atoms with E-state index >= 15 is 0 Å². The number of nitrogens with one attached hydrogen (secondary N) is 2. The van der Waals surface area contributed by atoms with Gasteiger partial charge in [-0.15, -0.1) is 0 Å². The second-order valence-electron chi connectivity index (χ2n) is 12.1. The van der Waals surface area contributed by atoms with Crippen molar-refractivity contribution in [1.29, 1.82) is 0 Å². The van der Waals surface area contributed by atoms with Crippen LogP contribution in [0.3, 0.4) is 0 Å². The lowest BCUT2D eigenvalue weighted by Crippen LogP contribution is -2.50. The van der Waals surface area contributed by atoms with Gasteiger partial charge in [0.15, 0.2) is 0 Å². The molecule has 0 unspecified atom stereocenters. The third kappa shape index (κ3) is 11.5. The number of rotatable bonds is 18. The van der Waals surface area contributed by atoms with Crippen LogP contribution in [0.4, 0.5) is 30.6 Å². The first-order valence-corrected chi connectivity index (χ1v) is 17.0. The molecule has 16 heteroatoms. The second kappa shape index (κ2) is 19.4. The zero-order valence-corrected chi connectivity index (χ0v) is 28.7. The van der Waals surface area contributed by atoms with E-state index in [4.69, 9.17) is 18.9 Å². The number of nitrogens with zero attached hydrogens (tertiary/aromatic N) is 4. The number of benzene rings is 1. The molecule has 4 rings (SSSR count). The number of Topliss-reactive ketones (excluding diaryl/α,β-unsaturated/α-hetero) is 1. The molecular weight excluding hydrogens is 661 g/mol. The van der Waals surface area contributed by atoms with Crippen LogP contribution < -0.4 is 15.4 Å². The minimum absolute atomic E-state index is 0.0572. The third-order valence-corrected chi connectivity index (χ3v) is 8.70. The van der Waals surface area contributed by atoms with E-state index in [1.54, 1.807) is 21.9 Å². The van der Waals surface area contributed by atoms with E-state index in [2.05, 4.69) is 20.6 Å². The number of hydrogen-bond donors (Lipinski definition) is 2. The van der Waals surface area contributed by atoms with Crippen molar-refractivity contribution in [3.8, 4) is 5.75 Å². The Hall–Kier alpha value is -4.02. The van der Waals surface area contributed by atoms with Crippen molar-refractivity contribution in [2.24, 2.45) is 5.92 Å². The number of hydrogen-bond acceptors (Lipinski definition) is 11. The van der Waals surface area contributed by atoms with E-state index in [0.29, 0.717) is 88.9 Å². The Balaban J connectivity index is 1.10. The third-order valence-electron chi connectivity index (χ3n) is 8.70. The van der Waals surface area contributed by atoms with Gasteiger partial charge in [-0.05, 0) is 31.0 Å². The molecule has 13 nitrogen and oxygen atoms in total. The average Bonchev–Trinajstić information content (AvgIpc) is 3.13. The summed E-state index contributed by atoms with van der Waals surface area (Å²) in [6.45, 7) is 3.70. The predicted molar refractivity (Wildman–Crippen MR) is 179 cm³/mol. The molecule has 2 heterocycles. The average molecular weight is 709 g/mol. The first kappa shape index (κ1) is 38.8. The van der Waals surface area contributed by atoms with Crippen LogP contribution >= 0.6 is 0 Å². The molecule has 0 radical (unpaired) electrons. The SMILES string of the molecule is CNc1nc(Nc2ccc(C(=O)N3CCN(C(=O)CCOCCOCCOCCC(=O)C4CCCCC4)CC3)cc2OC)ncc1C(F)(F)F. The van der Waals surface area contributed by atoms with Gasteiger partial charge in [0.1, 0.15) is 22.9 Å². The lowest BCUT2D eigenvalue weighted by molar-refractivity contribution is -0.137. The van der Waals surface area contributed by atoms with E-state index in [1.807, 2.05) is 0 Å². The molecule has 1 saturated carbocycles. The highest BCUT2D eigenvalue weighted by Gasteiger charge is 2.35. The van der Waals surface area contributed by atoms with Gasteiger partial charge in [0, 0.05) is 57.3 Å². The molecule has 1 saturated heterocycles. The zero-order chi connectivity index (χ0) is 35.9. The quantitative estimate of drug-likeness (QED) is 0.211. The van der Waals surface area contributed by atoms with Crippen molar-refractivity contribution < 1.29 is 46.5 Å². The standard InChI is InChI=1S/C34H47F3N6O7/c1-38-31-26(34(35,36)37)23-39-33(41-31)40-27-9-8-25(22-29(27)47-2)32(46)43-14-12-42(13-15-43)30(45)11-17-49-19-21-50-20-18-48-16-10-28(44)24-6-4-3-5-7-24/h8-9,22-24H,3-7,10-21H2,1-2H3,(H2,38,39,40,41). The Morgan fingerprint density at radius 1 is 0.880 bits per heavy atom. The summed E-state index contributed by atoms with van der Waals surface area (Å²) in [4.78, 5) is 49.1. The number of alkyl halides is 3. The lowest BCUT2D eigenvalue weighted by atomic mass is 9.85. The first-order chi connectivity index (χ1) is 24.1. The Labute approximate surface area is 290 Å². The van der Waals surface area contributed by atoms with E-state index in [0.717, 1.165) is 25.7 Å². The van der Waals surface area contributed by atoms with E-state index in [9.17, 15) is 27.6 Å². The number of anilines is 3. The number of halogens is 3. The van der Waals surface area contributed by atoms with Crippen LogP contribution in [0, 0.1) is 5.92 Å². The Morgan fingerprint density at radius 2 is 1.50 bits per heavy atom. The van der Waals surface area contributed by atoms with Crippen molar-refractivity contribution in [3.63, 3.8) is 0 Å². The number of ketones is 1. The molecule has 2 fully saturated rings. The second-order valence-corrected chi connectivity index (χ2v) is 12.1. The molecule has 2 amide bonds. The highest BCUT2D eigenvalue weighted by molar-refractivity contribution is 5.95. The molecule has 1 aliphatic heterocycles. The summed E-state index contributed by atoms with van der Waals surface area (Å²) in [5.41, 5.74) is -0.287. The summed E-state index contributed by atoms with van der Waals surface area (Å²) in [5.74, 6) is 0.0243. The highest BCUT2D eigenvalue weighted by atomic mass is 19.4. The molecule has 1 aromatic heterocycles. The summed E-state index contributed by atoms with van der Waals surface area (Å²) < 4.78 is 61.6. The lowest BCUT2D eigenvalue weighted by Gasteiger charge is -2.35. The number of methoxy groups -OCH3 is 1. The number of carbonyl (C=O) groups excluding carboxylic acids is 3. The highest BCUT2D eigenvalue weighted by Crippen LogP contribution is 2.35. The van der Waals surface area contributed by atoms with Crippen LogP contribution in [-0.2, 0) is 30.0 Å². The molecule has 276 valence electrons. The van der Waals surface area contributed by atoms with Crippen LogP contribution in [0.5, 0.6) is 5.75 Å². The number of amides is 2. The fourth-order valence-corrected chi connectivity index (χ4v) is 5.89. The summed E-state index contributed by atoms with van der Waals surface area (Å²) in [5, 5.41) is 5.26. The Bertz CT molecular complexity index is 1420. The smallest absolute Gasteiger partial charge is 0.421 e. The Kier molecular flexibility index (Phi) is 15.0. The van der Waals surface area contributed by atoms with Crippen molar-refractivity contribution in [2.45, 2.75) is 51.1 Å². The van der Waals surface area contributed by atoms with Crippen LogP contribution in [-0.4, -0.2) is 117 Å². The van der Waals surface area contributed by atoms with Crippen LogP contribution in [0.1, 0.15) is 60.9 Å². The maximum atomic E-state index is 13.2.